The van der Waals surface area contributed by atoms with Crippen LogP contribution in [-0.2, 0) is 4.74 Å². The van der Waals surface area contributed by atoms with E-state index in [1.54, 1.807) is 6.07 Å². The number of fused-ring (bicyclic) bond motifs is 1. The predicted octanol–water partition coefficient (Wildman–Crippen LogP) is 4.81. The number of carbonyl (C=O) groups is 1. The number of nitriles is 1. The maximum atomic E-state index is 12.8. The lowest BCUT2D eigenvalue weighted by atomic mass is 9.90. The van der Waals surface area contributed by atoms with Crippen molar-refractivity contribution >= 4 is 17.0 Å². The summed E-state index contributed by atoms with van der Waals surface area (Å²) in [4.78, 5) is 19.0. The first-order chi connectivity index (χ1) is 12.3. The second-order valence-corrected chi connectivity index (χ2v) is 8.09. The van der Waals surface area contributed by atoms with Crippen LogP contribution in [0.15, 0.2) is 30.3 Å². The number of rotatable bonds is 1. The number of likely N-dealkylation sites (tertiary alicyclic amines) is 1. The number of amides is 1. The molecule has 136 valence electrons. The summed E-state index contributed by atoms with van der Waals surface area (Å²) >= 11 is 0. The zero-order valence-electron chi connectivity index (χ0n) is 15.8. The van der Waals surface area contributed by atoms with Crippen LogP contribution in [-0.4, -0.2) is 28.1 Å². The van der Waals surface area contributed by atoms with Crippen molar-refractivity contribution in [3.05, 3.63) is 41.6 Å². The summed E-state index contributed by atoms with van der Waals surface area (Å²) in [5, 5.41) is 10.1. The zero-order valence-corrected chi connectivity index (χ0v) is 15.8. The number of nitrogens with zero attached hydrogens (tertiary/aromatic N) is 3. The van der Waals surface area contributed by atoms with E-state index in [2.05, 4.69) is 18.0 Å². The van der Waals surface area contributed by atoms with E-state index in [4.69, 9.17) is 10.00 Å². The molecule has 0 saturated carbocycles. The number of hydrogen-bond donors (Lipinski definition) is 0. The highest BCUT2D eigenvalue weighted by Crippen LogP contribution is 2.35. The van der Waals surface area contributed by atoms with Crippen molar-refractivity contribution < 1.29 is 9.53 Å². The number of pyridine rings is 1. The largest absolute Gasteiger partial charge is 0.444 e. The molecular weight excluding hydrogens is 326 g/mol. The van der Waals surface area contributed by atoms with Gasteiger partial charge in [-0.25, -0.2) is 9.78 Å². The van der Waals surface area contributed by atoms with Gasteiger partial charge in [-0.3, -0.25) is 0 Å². The Labute approximate surface area is 154 Å². The minimum atomic E-state index is -0.519. The van der Waals surface area contributed by atoms with Gasteiger partial charge in [0.15, 0.2) is 0 Å². The average Bonchev–Trinajstić information content (AvgIpc) is 2.59. The van der Waals surface area contributed by atoms with Crippen molar-refractivity contribution in [1.29, 1.82) is 5.26 Å². The molecule has 5 heteroatoms. The molecule has 1 fully saturated rings. The maximum absolute atomic E-state index is 12.8. The molecule has 0 aliphatic carbocycles. The van der Waals surface area contributed by atoms with E-state index in [1.807, 2.05) is 49.9 Å². The Bertz CT molecular complexity index is 864. The number of carbonyl (C=O) groups excluding carboxylic acids is 1. The second kappa shape index (κ2) is 6.95. The van der Waals surface area contributed by atoms with Crippen molar-refractivity contribution in [3.63, 3.8) is 0 Å². The Morgan fingerprint density at radius 3 is 2.69 bits per heavy atom. The third-order valence-corrected chi connectivity index (χ3v) is 4.66. The van der Waals surface area contributed by atoms with Gasteiger partial charge in [0.2, 0.25) is 0 Å². The molecule has 0 spiro atoms. The van der Waals surface area contributed by atoms with E-state index in [0.717, 1.165) is 29.3 Å². The molecule has 5 nitrogen and oxygen atoms in total. The van der Waals surface area contributed by atoms with Crippen LogP contribution in [0, 0.1) is 17.2 Å². The molecule has 1 aliphatic heterocycles. The van der Waals surface area contributed by atoms with Crippen molar-refractivity contribution in [2.75, 3.05) is 6.54 Å². The third-order valence-electron chi connectivity index (χ3n) is 4.66. The molecule has 1 aliphatic rings. The van der Waals surface area contributed by atoms with Gasteiger partial charge in [0.25, 0.3) is 0 Å². The van der Waals surface area contributed by atoms with Gasteiger partial charge in [-0.15, -0.1) is 0 Å². The van der Waals surface area contributed by atoms with Gasteiger partial charge in [0.05, 0.1) is 11.6 Å². The fourth-order valence-electron chi connectivity index (χ4n) is 3.43. The Hall–Kier alpha value is -2.61. The van der Waals surface area contributed by atoms with E-state index in [9.17, 15) is 4.79 Å². The molecule has 1 aromatic heterocycles. The molecule has 0 radical (unpaired) electrons. The highest BCUT2D eigenvalue weighted by molar-refractivity contribution is 5.80. The number of ether oxygens (including phenoxy) is 1. The van der Waals surface area contributed by atoms with E-state index >= 15 is 0 Å². The molecule has 0 bridgehead atoms. The Balaban J connectivity index is 1.95. The van der Waals surface area contributed by atoms with Crippen LogP contribution in [0.2, 0.25) is 0 Å². The van der Waals surface area contributed by atoms with Gasteiger partial charge in [-0.2, -0.15) is 5.26 Å². The first-order valence-electron chi connectivity index (χ1n) is 9.07. The van der Waals surface area contributed by atoms with Gasteiger partial charge < -0.3 is 9.64 Å². The van der Waals surface area contributed by atoms with E-state index in [1.165, 1.54) is 0 Å². The summed E-state index contributed by atoms with van der Waals surface area (Å²) in [6.45, 7) is 8.50. The number of hydrogen-bond acceptors (Lipinski definition) is 4. The van der Waals surface area contributed by atoms with Crippen molar-refractivity contribution in [3.8, 4) is 6.07 Å². The molecule has 1 amide bonds. The standard InChI is InChI=1S/C21H25N3O2/c1-14-5-10-19(24(13-14)20(25)26-21(2,3)4)16-7-6-15-8-9-17(12-22)23-18(15)11-16/h6-9,11,14,19H,5,10,13H2,1-4H3/t14-,19-/m0/s1. The smallest absolute Gasteiger partial charge is 0.410 e. The first kappa shape index (κ1) is 18.2. The predicted molar refractivity (Wildman–Crippen MR) is 101 cm³/mol. The SMILES string of the molecule is C[C@H]1CC[C@@H](c2ccc3ccc(C#N)nc3c2)N(C(=O)OC(C)(C)C)C1. The van der Waals surface area contributed by atoms with E-state index in [0.29, 0.717) is 18.2 Å². The molecule has 0 unspecified atom stereocenters. The molecule has 0 N–H and O–H groups in total. The molecule has 26 heavy (non-hydrogen) atoms. The topological polar surface area (TPSA) is 66.2 Å². The van der Waals surface area contributed by atoms with Crippen LogP contribution < -0.4 is 0 Å². The molecule has 1 saturated heterocycles. The number of aromatic nitrogens is 1. The molecular formula is C21H25N3O2. The van der Waals surface area contributed by atoms with Crippen LogP contribution in [0.25, 0.3) is 10.9 Å². The van der Waals surface area contributed by atoms with Gasteiger partial charge in [0.1, 0.15) is 17.4 Å². The van der Waals surface area contributed by atoms with Gasteiger partial charge >= 0.3 is 6.09 Å². The maximum Gasteiger partial charge on any atom is 0.410 e. The summed E-state index contributed by atoms with van der Waals surface area (Å²) in [6.07, 6.45) is 1.69. The van der Waals surface area contributed by atoms with Gasteiger partial charge in [-0.05, 0) is 63.3 Å². The number of piperidine rings is 1. The average molecular weight is 351 g/mol. The van der Waals surface area contributed by atoms with Gasteiger partial charge in [-0.1, -0.05) is 19.1 Å². The quantitative estimate of drug-likeness (QED) is 0.739. The minimum Gasteiger partial charge on any atom is -0.444 e. The van der Waals surface area contributed by atoms with Crippen LogP contribution in [0.4, 0.5) is 4.79 Å². The molecule has 2 heterocycles. The molecule has 2 aromatic rings. The van der Waals surface area contributed by atoms with Crippen molar-refractivity contribution in [2.45, 2.75) is 52.2 Å². The monoisotopic (exact) mass is 351 g/mol. The lowest BCUT2D eigenvalue weighted by Gasteiger charge is -2.39. The fraction of sp³-hybridized carbons (Fsp3) is 0.476. The second-order valence-electron chi connectivity index (χ2n) is 8.09. The Kier molecular flexibility index (Phi) is 4.86. The fourth-order valence-corrected chi connectivity index (χ4v) is 3.43. The van der Waals surface area contributed by atoms with Crippen LogP contribution in [0.3, 0.4) is 0 Å². The summed E-state index contributed by atoms with van der Waals surface area (Å²) in [6, 6.07) is 11.7. The van der Waals surface area contributed by atoms with E-state index in [-0.39, 0.29) is 12.1 Å². The first-order valence-corrected chi connectivity index (χ1v) is 9.07. The van der Waals surface area contributed by atoms with Crippen LogP contribution in [0.1, 0.15) is 57.8 Å². The van der Waals surface area contributed by atoms with Crippen molar-refractivity contribution in [1.82, 2.24) is 9.88 Å². The lowest BCUT2D eigenvalue weighted by molar-refractivity contribution is 0.00365. The van der Waals surface area contributed by atoms with Crippen LogP contribution >= 0.6 is 0 Å². The summed E-state index contributed by atoms with van der Waals surface area (Å²) in [5.41, 5.74) is 1.70. The highest BCUT2D eigenvalue weighted by Gasteiger charge is 2.34. The van der Waals surface area contributed by atoms with Crippen molar-refractivity contribution in [2.24, 2.45) is 5.92 Å². The summed E-state index contributed by atoms with van der Waals surface area (Å²) < 4.78 is 5.63. The normalized spacial score (nSPS) is 20.7. The lowest BCUT2D eigenvalue weighted by Crippen LogP contribution is -2.44. The highest BCUT2D eigenvalue weighted by atomic mass is 16.6. The number of benzene rings is 1. The minimum absolute atomic E-state index is 0.0296. The summed E-state index contributed by atoms with van der Waals surface area (Å²) in [5.74, 6) is 0.447. The molecule has 2 atom stereocenters. The Morgan fingerprint density at radius 2 is 2.00 bits per heavy atom. The zero-order chi connectivity index (χ0) is 18.9. The van der Waals surface area contributed by atoms with Crippen LogP contribution in [0.5, 0.6) is 0 Å². The third kappa shape index (κ3) is 3.96. The Morgan fingerprint density at radius 1 is 1.27 bits per heavy atom. The molecule has 3 rings (SSSR count). The summed E-state index contributed by atoms with van der Waals surface area (Å²) in [7, 11) is 0. The molecule has 1 aromatic carbocycles. The van der Waals surface area contributed by atoms with Gasteiger partial charge in [0, 0.05) is 11.9 Å². The van der Waals surface area contributed by atoms with E-state index < -0.39 is 5.60 Å².